The van der Waals surface area contributed by atoms with Crippen molar-refractivity contribution in [3.63, 3.8) is 0 Å². The summed E-state index contributed by atoms with van der Waals surface area (Å²) in [5, 5.41) is 0. The van der Waals surface area contributed by atoms with Crippen molar-refractivity contribution in [3.8, 4) is 0 Å². The highest BCUT2D eigenvalue weighted by molar-refractivity contribution is 5.37. The molecule has 0 aromatic heterocycles. The topological polar surface area (TPSA) is 35.2 Å². The molecule has 0 radical (unpaired) electrons. The highest BCUT2D eigenvalue weighted by atomic mass is 16.5. The molecule has 0 amide bonds. The van der Waals surface area contributed by atoms with Crippen molar-refractivity contribution >= 4 is 0 Å². The van der Waals surface area contributed by atoms with Gasteiger partial charge in [-0.15, -0.1) is 0 Å². The van der Waals surface area contributed by atoms with Gasteiger partial charge in [0.1, 0.15) is 0 Å². The van der Waals surface area contributed by atoms with Crippen LogP contribution >= 0.6 is 0 Å². The van der Waals surface area contributed by atoms with Gasteiger partial charge in [-0.3, -0.25) is 0 Å². The fourth-order valence-corrected chi connectivity index (χ4v) is 1.98. The largest absolute Gasteiger partial charge is 0.381 e. The van der Waals surface area contributed by atoms with Crippen LogP contribution < -0.4 is 5.73 Å². The lowest BCUT2D eigenvalue weighted by Crippen LogP contribution is -2.22. The van der Waals surface area contributed by atoms with E-state index in [-0.39, 0.29) is 11.6 Å². The van der Waals surface area contributed by atoms with Crippen LogP contribution in [0.5, 0.6) is 0 Å². The SMILES string of the molecule is COC(C)Cc1ccccc1C1(N)CC1. The molecule has 0 saturated heterocycles. The van der Waals surface area contributed by atoms with E-state index in [4.69, 9.17) is 10.5 Å². The highest BCUT2D eigenvalue weighted by Crippen LogP contribution is 2.44. The van der Waals surface area contributed by atoms with Crippen molar-refractivity contribution in [2.75, 3.05) is 7.11 Å². The maximum Gasteiger partial charge on any atom is 0.0583 e. The molecule has 2 nitrogen and oxygen atoms in total. The van der Waals surface area contributed by atoms with Crippen molar-refractivity contribution in [2.24, 2.45) is 5.73 Å². The van der Waals surface area contributed by atoms with Gasteiger partial charge in [0, 0.05) is 12.6 Å². The molecule has 2 N–H and O–H groups in total. The Morgan fingerprint density at radius 2 is 2.07 bits per heavy atom. The molecule has 2 heteroatoms. The average molecular weight is 205 g/mol. The Balaban J connectivity index is 2.22. The van der Waals surface area contributed by atoms with E-state index in [2.05, 4.69) is 31.2 Å². The van der Waals surface area contributed by atoms with E-state index in [9.17, 15) is 0 Å². The fourth-order valence-electron chi connectivity index (χ4n) is 1.98. The van der Waals surface area contributed by atoms with E-state index in [1.165, 1.54) is 11.1 Å². The summed E-state index contributed by atoms with van der Waals surface area (Å²) in [6.45, 7) is 2.09. The van der Waals surface area contributed by atoms with Crippen LogP contribution in [-0.2, 0) is 16.7 Å². The number of methoxy groups -OCH3 is 1. The molecule has 1 fully saturated rings. The molecular formula is C13H19NO. The predicted octanol–water partition coefficient (Wildman–Crippen LogP) is 2.21. The molecule has 1 aliphatic carbocycles. The van der Waals surface area contributed by atoms with Gasteiger partial charge in [0.05, 0.1) is 6.10 Å². The van der Waals surface area contributed by atoms with Crippen LogP contribution in [-0.4, -0.2) is 13.2 Å². The minimum Gasteiger partial charge on any atom is -0.381 e. The van der Waals surface area contributed by atoms with Gasteiger partial charge in [-0.25, -0.2) is 0 Å². The second-order valence-corrected chi connectivity index (χ2v) is 4.56. The van der Waals surface area contributed by atoms with E-state index in [1.807, 2.05) is 0 Å². The first-order valence-electron chi connectivity index (χ1n) is 5.56. The van der Waals surface area contributed by atoms with Crippen LogP contribution in [0.3, 0.4) is 0 Å². The van der Waals surface area contributed by atoms with Gasteiger partial charge in [-0.1, -0.05) is 24.3 Å². The summed E-state index contributed by atoms with van der Waals surface area (Å²) in [4.78, 5) is 0. The Morgan fingerprint density at radius 1 is 1.40 bits per heavy atom. The van der Waals surface area contributed by atoms with Crippen LogP contribution in [0, 0.1) is 0 Å². The Morgan fingerprint density at radius 3 is 2.67 bits per heavy atom. The number of benzene rings is 1. The van der Waals surface area contributed by atoms with Gasteiger partial charge < -0.3 is 10.5 Å². The van der Waals surface area contributed by atoms with E-state index in [0.29, 0.717) is 0 Å². The number of ether oxygens (including phenoxy) is 1. The first kappa shape index (κ1) is 10.7. The number of rotatable bonds is 4. The number of nitrogens with two attached hydrogens (primary N) is 1. The van der Waals surface area contributed by atoms with Crippen molar-refractivity contribution in [3.05, 3.63) is 35.4 Å². The zero-order chi connectivity index (χ0) is 10.9. The summed E-state index contributed by atoms with van der Waals surface area (Å²) in [5.74, 6) is 0. The second kappa shape index (κ2) is 3.95. The lowest BCUT2D eigenvalue weighted by molar-refractivity contribution is 0.118. The van der Waals surface area contributed by atoms with Crippen molar-refractivity contribution in [2.45, 2.75) is 37.8 Å². The molecule has 1 atom stereocenters. The molecule has 0 aliphatic heterocycles. The number of hydrogen-bond acceptors (Lipinski definition) is 2. The minimum absolute atomic E-state index is 0.0376. The lowest BCUT2D eigenvalue weighted by Gasteiger charge is -2.17. The molecule has 1 unspecified atom stereocenters. The molecule has 1 saturated carbocycles. The highest BCUT2D eigenvalue weighted by Gasteiger charge is 2.41. The Bertz CT molecular complexity index is 344. The smallest absolute Gasteiger partial charge is 0.0583 e. The number of hydrogen-bond donors (Lipinski definition) is 1. The molecule has 1 aromatic rings. The molecule has 1 aliphatic rings. The van der Waals surface area contributed by atoms with Crippen LogP contribution in [0.1, 0.15) is 30.9 Å². The first-order valence-corrected chi connectivity index (χ1v) is 5.56. The fraction of sp³-hybridized carbons (Fsp3) is 0.538. The molecule has 0 heterocycles. The van der Waals surface area contributed by atoms with Gasteiger partial charge in [0.25, 0.3) is 0 Å². The Labute approximate surface area is 91.4 Å². The monoisotopic (exact) mass is 205 g/mol. The molecule has 0 bridgehead atoms. The van der Waals surface area contributed by atoms with Crippen LogP contribution in [0.25, 0.3) is 0 Å². The van der Waals surface area contributed by atoms with Gasteiger partial charge >= 0.3 is 0 Å². The summed E-state index contributed by atoms with van der Waals surface area (Å²) in [6, 6.07) is 8.47. The quantitative estimate of drug-likeness (QED) is 0.818. The molecule has 1 aromatic carbocycles. The molecule has 2 rings (SSSR count). The van der Waals surface area contributed by atoms with Gasteiger partial charge in [-0.2, -0.15) is 0 Å². The maximum atomic E-state index is 6.25. The molecule has 15 heavy (non-hydrogen) atoms. The summed E-state index contributed by atoms with van der Waals surface area (Å²) >= 11 is 0. The Hall–Kier alpha value is -0.860. The predicted molar refractivity (Wildman–Crippen MR) is 61.7 cm³/mol. The van der Waals surface area contributed by atoms with E-state index >= 15 is 0 Å². The third-order valence-electron chi connectivity index (χ3n) is 3.25. The zero-order valence-electron chi connectivity index (χ0n) is 9.49. The molecule has 82 valence electrons. The lowest BCUT2D eigenvalue weighted by atomic mass is 9.95. The van der Waals surface area contributed by atoms with Gasteiger partial charge in [-0.05, 0) is 37.3 Å². The first-order chi connectivity index (χ1) is 7.15. The second-order valence-electron chi connectivity index (χ2n) is 4.56. The summed E-state index contributed by atoms with van der Waals surface area (Å²) in [6.07, 6.45) is 3.44. The third kappa shape index (κ3) is 2.21. The summed E-state index contributed by atoms with van der Waals surface area (Å²) in [5.41, 5.74) is 8.86. The van der Waals surface area contributed by atoms with Crippen molar-refractivity contribution < 1.29 is 4.74 Å². The van der Waals surface area contributed by atoms with E-state index in [1.54, 1.807) is 7.11 Å². The minimum atomic E-state index is -0.0376. The zero-order valence-corrected chi connectivity index (χ0v) is 9.49. The van der Waals surface area contributed by atoms with Crippen LogP contribution in [0.2, 0.25) is 0 Å². The van der Waals surface area contributed by atoms with Gasteiger partial charge in [0.2, 0.25) is 0 Å². The standard InChI is InChI=1S/C13H19NO/c1-10(15-2)9-11-5-3-4-6-12(11)13(14)7-8-13/h3-6,10H,7-9,14H2,1-2H3. The van der Waals surface area contributed by atoms with Crippen molar-refractivity contribution in [1.29, 1.82) is 0 Å². The Kier molecular flexibility index (Phi) is 2.81. The summed E-state index contributed by atoms with van der Waals surface area (Å²) in [7, 11) is 1.75. The van der Waals surface area contributed by atoms with Gasteiger partial charge in [0.15, 0.2) is 0 Å². The summed E-state index contributed by atoms with van der Waals surface area (Å²) < 4.78 is 5.30. The average Bonchev–Trinajstić information content (AvgIpc) is 2.98. The third-order valence-corrected chi connectivity index (χ3v) is 3.25. The van der Waals surface area contributed by atoms with E-state index < -0.39 is 0 Å². The van der Waals surface area contributed by atoms with Crippen molar-refractivity contribution in [1.82, 2.24) is 0 Å². The normalized spacial score (nSPS) is 19.9. The molecule has 0 spiro atoms. The maximum absolute atomic E-state index is 6.25. The van der Waals surface area contributed by atoms with E-state index in [0.717, 1.165) is 19.3 Å². The molecular weight excluding hydrogens is 186 g/mol. The van der Waals surface area contributed by atoms with Crippen LogP contribution in [0.15, 0.2) is 24.3 Å². The van der Waals surface area contributed by atoms with Crippen LogP contribution in [0.4, 0.5) is 0 Å².